The standard InChI is InChI=1S/C11H22N2O2/c1-11(2,15)10(14)13-8-4-6-12(3)7-5-9-13/h15H,4-9H2,1-3H3. The molecule has 1 rings (SSSR count). The Morgan fingerprint density at radius 3 is 2.00 bits per heavy atom. The maximum Gasteiger partial charge on any atom is 0.253 e. The highest BCUT2D eigenvalue weighted by molar-refractivity contribution is 5.84. The molecule has 0 bridgehead atoms. The number of nitrogens with zero attached hydrogens (tertiary/aromatic N) is 2. The zero-order valence-electron chi connectivity index (χ0n) is 9.99. The molecule has 1 N–H and O–H groups in total. The van der Waals surface area contributed by atoms with Gasteiger partial charge < -0.3 is 14.9 Å². The second kappa shape index (κ2) is 4.94. The van der Waals surface area contributed by atoms with Crippen LogP contribution in [0.4, 0.5) is 0 Å². The Morgan fingerprint density at radius 2 is 1.60 bits per heavy atom. The van der Waals surface area contributed by atoms with Crippen molar-refractivity contribution in [3.63, 3.8) is 0 Å². The summed E-state index contributed by atoms with van der Waals surface area (Å²) in [5, 5.41) is 9.65. The van der Waals surface area contributed by atoms with E-state index in [0.717, 1.165) is 39.0 Å². The zero-order valence-corrected chi connectivity index (χ0v) is 9.99. The molecule has 1 saturated heterocycles. The van der Waals surface area contributed by atoms with Gasteiger partial charge in [0.15, 0.2) is 0 Å². The molecule has 88 valence electrons. The van der Waals surface area contributed by atoms with E-state index in [0.29, 0.717) is 0 Å². The van der Waals surface area contributed by atoms with Gasteiger partial charge in [-0.15, -0.1) is 0 Å². The number of hydrogen-bond donors (Lipinski definition) is 1. The predicted molar refractivity (Wildman–Crippen MR) is 59.6 cm³/mol. The van der Waals surface area contributed by atoms with Gasteiger partial charge >= 0.3 is 0 Å². The number of hydrogen-bond acceptors (Lipinski definition) is 3. The highest BCUT2D eigenvalue weighted by Gasteiger charge is 2.29. The van der Waals surface area contributed by atoms with Crippen LogP contribution in [0.15, 0.2) is 0 Å². The van der Waals surface area contributed by atoms with E-state index in [9.17, 15) is 9.90 Å². The Kier molecular flexibility index (Phi) is 4.11. The Labute approximate surface area is 91.9 Å². The van der Waals surface area contributed by atoms with Crippen LogP contribution in [-0.4, -0.2) is 59.6 Å². The fourth-order valence-corrected chi connectivity index (χ4v) is 1.88. The fraction of sp³-hybridized carbons (Fsp3) is 0.909. The van der Waals surface area contributed by atoms with Gasteiger partial charge in [0.2, 0.25) is 0 Å². The molecule has 15 heavy (non-hydrogen) atoms. The van der Waals surface area contributed by atoms with Crippen LogP contribution in [-0.2, 0) is 4.79 Å². The molecular weight excluding hydrogens is 192 g/mol. The van der Waals surface area contributed by atoms with Crippen LogP contribution in [0.25, 0.3) is 0 Å². The van der Waals surface area contributed by atoms with Gasteiger partial charge in [-0.05, 0) is 46.8 Å². The van der Waals surface area contributed by atoms with Crippen molar-refractivity contribution in [3.05, 3.63) is 0 Å². The van der Waals surface area contributed by atoms with Gasteiger partial charge in [0.05, 0.1) is 0 Å². The van der Waals surface area contributed by atoms with E-state index in [2.05, 4.69) is 11.9 Å². The number of aliphatic hydroxyl groups is 1. The van der Waals surface area contributed by atoms with Crippen molar-refractivity contribution in [3.8, 4) is 0 Å². The van der Waals surface area contributed by atoms with Crippen LogP contribution in [0.2, 0.25) is 0 Å². The molecular formula is C11H22N2O2. The third-order valence-corrected chi connectivity index (χ3v) is 2.75. The molecule has 0 unspecified atom stereocenters. The second-order valence-corrected chi connectivity index (χ2v) is 4.86. The minimum atomic E-state index is -1.23. The summed E-state index contributed by atoms with van der Waals surface area (Å²) in [5.41, 5.74) is -1.23. The molecule has 0 saturated carbocycles. The normalized spacial score (nSPS) is 20.9. The van der Waals surface area contributed by atoms with Gasteiger partial charge in [-0.2, -0.15) is 0 Å². The van der Waals surface area contributed by atoms with E-state index in [4.69, 9.17) is 0 Å². The number of carbonyl (C=O) groups is 1. The first-order valence-corrected chi connectivity index (χ1v) is 5.61. The zero-order chi connectivity index (χ0) is 11.5. The third-order valence-electron chi connectivity index (χ3n) is 2.75. The van der Waals surface area contributed by atoms with E-state index in [-0.39, 0.29) is 5.91 Å². The largest absolute Gasteiger partial charge is 0.381 e. The lowest BCUT2D eigenvalue weighted by Gasteiger charge is -2.32. The minimum Gasteiger partial charge on any atom is -0.381 e. The van der Waals surface area contributed by atoms with Gasteiger partial charge in [0.25, 0.3) is 5.91 Å². The van der Waals surface area contributed by atoms with E-state index in [1.807, 2.05) is 0 Å². The second-order valence-electron chi connectivity index (χ2n) is 4.86. The fourth-order valence-electron chi connectivity index (χ4n) is 1.88. The van der Waals surface area contributed by atoms with E-state index in [1.54, 1.807) is 18.7 Å². The molecule has 4 heteroatoms. The SMILES string of the molecule is CN1CCCN(C(=O)C(C)(C)O)CCC1. The number of amides is 1. The lowest BCUT2D eigenvalue weighted by atomic mass is 10.1. The molecule has 1 aliphatic heterocycles. The van der Waals surface area contributed by atoms with Crippen LogP contribution in [0, 0.1) is 0 Å². The summed E-state index contributed by atoms with van der Waals surface area (Å²) in [6.45, 7) is 6.67. The van der Waals surface area contributed by atoms with Crippen LogP contribution < -0.4 is 0 Å². The average molecular weight is 214 g/mol. The maximum absolute atomic E-state index is 11.8. The molecule has 0 aromatic heterocycles. The van der Waals surface area contributed by atoms with Gasteiger partial charge in [0, 0.05) is 13.1 Å². The van der Waals surface area contributed by atoms with E-state index >= 15 is 0 Å². The summed E-state index contributed by atoms with van der Waals surface area (Å²) in [7, 11) is 2.10. The van der Waals surface area contributed by atoms with Crippen molar-refractivity contribution in [1.29, 1.82) is 0 Å². The molecule has 0 spiro atoms. The predicted octanol–water partition coefficient (Wildman–Crippen LogP) is 0.311. The van der Waals surface area contributed by atoms with Gasteiger partial charge in [-0.1, -0.05) is 0 Å². The van der Waals surface area contributed by atoms with Crippen molar-refractivity contribution >= 4 is 5.91 Å². The number of rotatable bonds is 1. The highest BCUT2D eigenvalue weighted by atomic mass is 16.3. The maximum atomic E-state index is 11.8. The monoisotopic (exact) mass is 214 g/mol. The number of carbonyl (C=O) groups excluding carboxylic acids is 1. The first kappa shape index (κ1) is 12.5. The van der Waals surface area contributed by atoms with Crippen LogP contribution >= 0.6 is 0 Å². The van der Waals surface area contributed by atoms with Gasteiger partial charge in [-0.3, -0.25) is 4.79 Å². The highest BCUT2D eigenvalue weighted by Crippen LogP contribution is 2.10. The first-order valence-electron chi connectivity index (χ1n) is 5.61. The van der Waals surface area contributed by atoms with Crippen LogP contribution in [0.5, 0.6) is 0 Å². The molecule has 0 aliphatic carbocycles. The Morgan fingerprint density at radius 1 is 1.13 bits per heavy atom. The van der Waals surface area contributed by atoms with E-state index in [1.165, 1.54) is 0 Å². The first-order chi connectivity index (χ1) is 6.91. The molecule has 4 nitrogen and oxygen atoms in total. The molecule has 1 heterocycles. The molecule has 0 aromatic rings. The van der Waals surface area contributed by atoms with Crippen molar-refractivity contribution < 1.29 is 9.90 Å². The molecule has 0 aromatic carbocycles. The topological polar surface area (TPSA) is 43.8 Å². The lowest BCUT2D eigenvalue weighted by molar-refractivity contribution is -0.148. The molecule has 1 fully saturated rings. The summed E-state index contributed by atoms with van der Waals surface area (Å²) >= 11 is 0. The Bertz CT molecular complexity index is 213. The summed E-state index contributed by atoms with van der Waals surface area (Å²) in [6.07, 6.45) is 1.97. The molecule has 1 aliphatic rings. The average Bonchev–Trinajstić information content (AvgIpc) is 2.08. The van der Waals surface area contributed by atoms with Crippen molar-refractivity contribution in [1.82, 2.24) is 9.80 Å². The third kappa shape index (κ3) is 3.80. The molecule has 0 radical (unpaired) electrons. The Hall–Kier alpha value is -0.610. The Balaban J connectivity index is 2.52. The quantitative estimate of drug-likeness (QED) is 0.683. The molecule has 1 amide bonds. The smallest absolute Gasteiger partial charge is 0.253 e. The molecule has 0 atom stereocenters. The minimum absolute atomic E-state index is 0.146. The van der Waals surface area contributed by atoms with E-state index < -0.39 is 5.60 Å². The summed E-state index contributed by atoms with van der Waals surface area (Å²) in [5.74, 6) is -0.146. The van der Waals surface area contributed by atoms with Gasteiger partial charge in [0.1, 0.15) is 5.60 Å². The van der Waals surface area contributed by atoms with Crippen LogP contribution in [0.1, 0.15) is 26.7 Å². The van der Waals surface area contributed by atoms with Crippen molar-refractivity contribution in [2.24, 2.45) is 0 Å². The van der Waals surface area contributed by atoms with Crippen molar-refractivity contribution in [2.75, 3.05) is 33.2 Å². The lowest BCUT2D eigenvalue weighted by Crippen LogP contribution is -2.47. The summed E-state index contributed by atoms with van der Waals surface area (Å²) in [4.78, 5) is 15.9. The van der Waals surface area contributed by atoms with Crippen LogP contribution in [0.3, 0.4) is 0 Å². The van der Waals surface area contributed by atoms with Gasteiger partial charge in [-0.25, -0.2) is 0 Å². The summed E-state index contributed by atoms with van der Waals surface area (Å²) in [6, 6.07) is 0. The van der Waals surface area contributed by atoms with Crippen molar-refractivity contribution in [2.45, 2.75) is 32.3 Å². The summed E-state index contributed by atoms with van der Waals surface area (Å²) < 4.78 is 0.